The lowest BCUT2D eigenvalue weighted by Gasteiger charge is -2.17. The summed E-state index contributed by atoms with van der Waals surface area (Å²) in [6.45, 7) is 4.45. The van der Waals surface area contributed by atoms with E-state index in [2.05, 4.69) is 9.97 Å². The van der Waals surface area contributed by atoms with Gasteiger partial charge in [0.2, 0.25) is 0 Å². The van der Waals surface area contributed by atoms with Crippen molar-refractivity contribution in [3.05, 3.63) is 59.4 Å². The number of phenols is 1. The summed E-state index contributed by atoms with van der Waals surface area (Å²) in [5.74, 6) is -0.0516. The molecule has 1 aliphatic heterocycles. The molecule has 0 radical (unpaired) electrons. The van der Waals surface area contributed by atoms with Gasteiger partial charge < -0.3 is 24.5 Å². The summed E-state index contributed by atoms with van der Waals surface area (Å²) in [6, 6.07) is 10.5. The van der Waals surface area contributed by atoms with Gasteiger partial charge in [-0.1, -0.05) is 13.8 Å². The molecule has 1 amide bonds. The monoisotopic (exact) mass is 447 g/mol. The molecule has 1 aliphatic rings. The number of amides is 1. The van der Waals surface area contributed by atoms with Crippen molar-refractivity contribution in [2.45, 2.75) is 20.3 Å². The summed E-state index contributed by atoms with van der Waals surface area (Å²) in [4.78, 5) is 34.2. The molecule has 170 valence electrons. The highest BCUT2D eigenvalue weighted by Crippen LogP contribution is 2.39. The predicted octanol–water partition coefficient (Wildman–Crippen LogP) is 4.45. The Morgan fingerprint density at radius 1 is 1.12 bits per heavy atom. The van der Waals surface area contributed by atoms with Crippen LogP contribution >= 0.6 is 0 Å². The molecule has 8 nitrogen and oxygen atoms in total. The lowest BCUT2D eigenvalue weighted by Crippen LogP contribution is -2.29. The number of aromatic hydroxyl groups is 1. The average molecular weight is 447 g/mol. The number of methoxy groups -OCH3 is 2. The number of nitrogens with one attached hydrogen (secondary N) is 1. The Labute approximate surface area is 190 Å². The number of carbonyl (C=O) groups excluding carboxylic acids is 2. The van der Waals surface area contributed by atoms with Gasteiger partial charge in [-0.15, -0.1) is 0 Å². The maximum Gasteiger partial charge on any atom is 0.339 e. The van der Waals surface area contributed by atoms with Crippen LogP contribution < -0.4 is 9.64 Å². The van der Waals surface area contributed by atoms with Gasteiger partial charge in [-0.05, 0) is 42.3 Å². The first-order valence-electron chi connectivity index (χ1n) is 10.7. The molecular formula is C25H25N3O5. The number of anilines is 1. The number of aromatic amines is 1. The normalized spacial score (nSPS) is 12.3. The molecule has 0 bridgehead atoms. The smallest absolute Gasteiger partial charge is 0.339 e. The van der Waals surface area contributed by atoms with Gasteiger partial charge in [0.15, 0.2) is 0 Å². The Hall–Kier alpha value is -4.07. The summed E-state index contributed by atoms with van der Waals surface area (Å²) < 4.78 is 10.0. The van der Waals surface area contributed by atoms with E-state index in [9.17, 15) is 14.7 Å². The molecule has 8 heteroatoms. The van der Waals surface area contributed by atoms with Crippen molar-refractivity contribution in [3.8, 4) is 11.5 Å². The molecule has 0 aliphatic carbocycles. The number of H-pyrrole nitrogens is 1. The number of hydrogen-bond donors (Lipinski definition) is 2. The quantitative estimate of drug-likeness (QED) is 0.450. The van der Waals surface area contributed by atoms with E-state index in [-0.39, 0.29) is 17.2 Å². The van der Waals surface area contributed by atoms with Crippen molar-refractivity contribution in [1.82, 2.24) is 9.97 Å². The van der Waals surface area contributed by atoms with E-state index in [1.807, 2.05) is 32.0 Å². The summed E-state index contributed by atoms with van der Waals surface area (Å²) in [7, 11) is 2.90. The Morgan fingerprint density at radius 2 is 1.91 bits per heavy atom. The number of phenolic OH excluding ortho intramolecular Hbond substituents is 1. The fourth-order valence-corrected chi connectivity index (χ4v) is 4.11. The molecule has 33 heavy (non-hydrogen) atoms. The molecule has 2 aromatic heterocycles. The molecule has 0 saturated heterocycles. The van der Waals surface area contributed by atoms with Crippen LogP contribution in [0.2, 0.25) is 0 Å². The van der Waals surface area contributed by atoms with E-state index >= 15 is 0 Å². The number of pyridine rings is 1. The second-order valence-corrected chi connectivity index (χ2v) is 7.35. The molecule has 0 unspecified atom stereocenters. The average Bonchev–Trinajstić information content (AvgIpc) is 3.48. The van der Waals surface area contributed by atoms with Gasteiger partial charge in [0.1, 0.15) is 22.7 Å². The van der Waals surface area contributed by atoms with Crippen molar-refractivity contribution in [2.24, 2.45) is 0 Å². The molecule has 0 saturated carbocycles. The first kappa shape index (κ1) is 22.1. The van der Waals surface area contributed by atoms with Gasteiger partial charge in [0, 0.05) is 35.1 Å². The molecule has 5 rings (SSSR count). The van der Waals surface area contributed by atoms with Gasteiger partial charge >= 0.3 is 5.97 Å². The lowest BCUT2D eigenvalue weighted by atomic mass is 10.0. The van der Waals surface area contributed by atoms with E-state index in [1.54, 1.807) is 30.2 Å². The third-order valence-corrected chi connectivity index (χ3v) is 5.64. The van der Waals surface area contributed by atoms with Crippen LogP contribution in [0.1, 0.15) is 40.3 Å². The lowest BCUT2D eigenvalue weighted by molar-refractivity contribution is 0.0600. The predicted molar refractivity (Wildman–Crippen MR) is 126 cm³/mol. The minimum Gasteiger partial charge on any atom is -0.506 e. The highest BCUT2D eigenvalue weighted by Gasteiger charge is 2.30. The highest BCUT2D eigenvalue weighted by atomic mass is 16.5. The summed E-state index contributed by atoms with van der Waals surface area (Å²) in [5, 5.41) is 12.0. The van der Waals surface area contributed by atoms with Crippen LogP contribution in [0.25, 0.3) is 21.8 Å². The summed E-state index contributed by atoms with van der Waals surface area (Å²) in [6.07, 6.45) is 1.95. The molecule has 3 heterocycles. The third kappa shape index (κ3) is 3.73. The number of ether oxygens (including phenoxy) is 2. The molecule has 0 atom stereocenters. The van der Waals surface area contributed by atoms with E-state index in [0.717, 1.165) is 16.5 Å². The van der Waals surface area contributed by atoms with E-state index in [1.165, 1.54) is 13.3 Å². The summed E-state index contributed by atoms with van der Waals surface area (Å²) >= 11 is 0. The number of fused-ring (bicyclic) bond motifs is 4. The molecule has 2 aromatic carbocycles. The van der Waals surface area contributed by atoms with Crippen molar-refractivity contribution >= 4 is 39.4 Å². The topological polar surface area (TPSA) is 105 Å². The summed E-state index contributed by atoms with van der Waals surface area (Å²) in [5.41, 5.74) is 3.41. The minimum absolute atomic E-state index is 0.0498. The SMILES string of the molecule is CC.COC(=O)c1cnc2c(O)cc3c(c2c1)CCN3C(=O)c1cc2cc(OC)ccc2[nH]1. The van der Waals surface area contributed by atoms with Crippen molar-refractivity contribution in [2.75, 3.05) is 25.7 Å². The van der Waals surface area contributed by atoms with E-state index < -0.39 is 5.97 Å². The fourth-order valence-electron chi connectivity index (χ4n) is 4.11. The fraction of sp³-hybridized carbons (Fsp3) is 0.240. The van der Waals surface area contributed by atoms with Crippen LogP contribution in [0.15, 0.2) is 42.6 Å². The van der Waals surface area contributed by atoms with Crippen LogP contribution in [0, 0.1) is 0 Å². The first-order chi connectivity index (χ1) is 16.0. The van der Waals surface area contributed by atoms with Gasteiger partial charge in [0.05, 0.1) is 25.5 Å². The van der Waals surface area contributed by atoms with Gasteiger partial charge in [-0.2, -0.15) is 0 Å². The molecular weight excluding hydrogens is 422 g/mol. The molecule has 2 N–H and O–H groups in total. The number of aromatic nitrogens is 2. The zero-order valence-corrected chi connectivity index (χ0v) is 18.9. The second kappa shape index (κ2) is 8.82. The number of benzene rings is 2. The van der Waals surface area contributed by atoms with Crippen molar-refractivity contribution in [3.63, 3.8) is 0 Å². The maximum absolute atomic E-state index is 13.3. The Kier molecular flexibility index (Phi) is 5.91. The Morgan fingerprint density at radius 3 is 2.64 bits per heavy atom. The van der Waals surface area contributed by atoms with Gasteiger partial charge in [0.25, 0.3) is 5.91 Å². The van der Waals surface area contributed by atoms with E-state index in [0.29, 0.717) is 41.0 Å². The first-order valence-corrected chi connectivity index (χ1v) is 10.7. The largest absolute Gasteiger partial charge is 0.506 e. The van der Waals surface area contributed by atoms with Crippen molar-refractivity contribution < 1.29 is 24.2 Å². The molecule has 0 spiro atoms. The second-order valence-electron chi connectivity index (χ2n) is 7.35. The van der Waals surface area contributed by atoms with Crippen LogP contribution in [0.3, 0.4) is 0 Å². The van der Waals surface area contributed by atoms with Crippen molar-refractivity contribution in [1.29, 1.82) is 0 Å². The Balaban J connectivity index is 0.00000126. The van der Waals surface area contributed by atoms with Gasteiger partial charge in [-0.25, -0.2) is 4.79 Å². The number of nitrogens with zero attached hydrogens (tertiary/aromatic N) is 2. The molecule has 0 fully saturated rings. The maximum atomic E-state index is 13.3. The highest BCUT2D eigenvalue weighted by molar-refractivity contribution is 6.11. The van der Waals surface area contributed by atoms with Crippen LogP contribution in [-0.2, 0) is 11.2 Å². The number of carbonyl (C=O) groups is 2. The third-order valence-electron chi connectivity index (χ3n) is 5.64. The Bertz CT molecular complexity index is 1380. The van der Waals surface area contributed by atoms with Crippen LogP contribution in [-0.4, -0.2) is 47.7 Å². The standard InChI is InChI=1S/C23H19N3O5.C2H6/c1-30-14-3-4-17-12(7-14)9-18(25-17)22(28)26-6-5-15-16-8-13(23(29)31-2)11-24-21(16)20(27)10-19(15)26;1-2/h3-4,7-11,25,27H,5-6H2,1-2H3;1-2H3. The minimum atomic E-state index is -0.508. The van der Waals surface area contributed by atoms with Crippen LogP contribution in [0.4, 0.5) is 5.69 Å². The van der Waals surface area contributed by atoms with Crippen LogP contribution in [0.5, 0.6) is 11.5 Å². The number of rotatable bonds is 3. The number of esters is 1. The van der Waals surface area contributed by atoms with E-state index in [4.69, 9.17) is 9.47 Å². The zero-order chi connectivity index (χ0) is 23.7. The zero-order valence-electron chi connectivity index (χ0n) is 18.9. The number of hydrogen-bond acceptors (Lipinski definition) is 6. The van der Waals surface area contributed by atoms with Gasteiger partial charge in [-0.3, -0.25) is 9.78 Å². The molecule has 4 aromatic rings.